The van der Waals surface area contributed by atoms with Gasteiger partial charge in [0.2, 0.25) is 5.91 Å². The Balaban J connectivity index is 1.51. The van der Waals surface area contributed by atoms with Gasteiger partial charge in [-0.25, -0.2) is 4.79 Å². The van der Waals surface area contributed by atoms with Crippen molar-refractivity contribution >= 4 is 11.9 Å². The van der Waals surface area contributed by atoms with Gasteiger partial charge in [0, 0.05) is 5.92 Å². The molecule has 0 aromatic heterocycles. The Bertz CT molecular complexity index is 1050. The molecule has 0 aliphatic heterocycles. The topological polar surface area (TPSA) is 64.6 Å². The van der Waals surface area contributed by atoms with Crippen molar-refractivity contribution in [3.8, 4) is 5.75 Å². The highest BCUT2D eigenvalue weighted by atomic mass is 16.5. The molecule has 3 aromatic rings. The maximum Gasteiger partial charge on any atom is 0.328 e. The van der Waals surface area contributed by atoms with Crippen LogP contribution in [0.25, 0.3) is 0 Å². The van der Waals surface area contributed by atoms with E-state index in [1.54, 1.807) is 0 Å². The van der Waals surface area contributed by atoms with Crippen molar-refractivity contribution < 1.29 is 19.1 Å². The molecule has 3 rings (SSSR count). The first-order valence-electron chi connectivity index (χ1n) is 12.2. The predicted molar refractivity (Wildman–Crippen MR) is 138 cm³/mol. The maximum absolute atomic E-state index is 12.9. The van der Waals surface area contributed by atoms with E-state index in [1.807, 2.05) is 106 Å². The largest absolute Gasteiger partial charge is 0.489 e. The Labute approximate surface area is 208 Å². The van der Waals surface area contributed by atoms with Crippen molar-refractivity contribution in [1.82, 2.24) is 5.32 Å². The molecular formula is C30H35NO4. The van der Waals surface area contributed by atoms with Crippen molar-refractivity contribution in [2.45, 2.75) is 52.9 Å². The molecule has 0 aliphatic rings. The zero-order chi connectivity index (χ0) is 25.0. The number of ether oxygens (including phenoxy) is 2. The van der Waals surface area contributed by atoms with Crippen molar-refractivity contribution in [1.29, 1.82) is 0 Å². The summed E-state index contributed by atoms with van der Waals surface area (Å²) in [6, 6.07) is 26.7. The average Bonchev–Trinajstić information content (AvgIpc) is 2.87. The second kappa shape index (κ2) is 13.3. The second-order valence-corrected chi connectivity index (χ2v) is 9.31. The minimum absolute atomic E-state index is 0.156. The summed E-state index contributed by atoms with van der Waals surface area (Å²) in [5.74, 6) is 0.179. The van der Waals surface area contributed by atoms with Gasteiger partial charge in [-0.2, -0.15) is 0 Å². The summed E-state index contributed by atoms with van der Waals surface area (Å²) in [4.78, 5) is 25.6. The minimum atomic E-state index is -0.664. The van der Waals surface area contributed by atoms with Crippen LogP contribution in [0.3, 0.4) is 0 Å². The molecule has 0 spiro atoms. The molecule has 184 valence electrons. The first kappa shape index (κ1) is 26.0. The van der Waals surface area contributed by atoms with Gasteiger partial charge in [0.1, 0.15) is 25.0 Å². The van der Waals surface area contributed by atoms with Gasteiger partial charge in [-0.3, -0.25) is 4.79 Å². The summed E-state index contributed by atoms with van der Waals surface area (Å²) in [5.41, 5.74) is 3.06. The van der Waals surface area contributed by atoms with Crippen LogP contribution < -0.4 is 10.1 Å². The lowest BCUT2D eigenvalue weighted by Crippen LogP contribution is -2.45. The molecule has 0 saturated carbocycles. The van der Waals surface area contributed by atoms with Crippen molar-refractivity contribution in [3.63, 3.8) is 0 Å². The van der Waals surface area contributed by atoms with Gasteiger partial charge in [0.15, 0.2) is 0 Å². The van der Waals surface area contributed by atoms with Crippen LogP contribution in [0.1, 0.15) is 43.9 Å². The van der Waals surface area contributed by atoms with E-state index in [0.29, 0.717) is 19.4 Å². The first-order valence-corrected chi connectivity index (χ1v) is 12.2. The van der Waals surface area contributed by atoms with Gasteiger partial charge in [-0.15, -0.1) is 0 Å². The molecule has 35 heavy (non-hydrogen) atoms. The van der Waals surface area contributed by atoms with Crippen molar-refractivity contribution in [2.24, 2.45) is 11.8 Å². The third-order valence-electron chi connectivity index (χ3n) is 5.69. The lowest BCUT2D eigenvalue weighted by molar-refractivity contribution is -0.150. The number of carbonyl (C=O) groups is 2. The Morgan fingerprint density at radius 3 is 1.89 bits per heavy atom. The molecule has 0 heterocycles. The first-order chi connectivity index (χ1) is 16.9. The molecule has 3 aromatic carbocycles. The normalized spacial score (nSPS) is 12.6. The van der Waals surface area contributed by atoms with Gasteiger partial charge >= 0.3 is 5.97 Å². The fourth-order valence-corrected chi connectivity index (χ4v) is 3.74. The van der Waals surface area contributed by atoms with Crippen LogP contribution >= 0.6 is 0 Å². The third kappa shape index (κ3) is 8.93. The van der Waals surface area contributed by atoms with Crippen LogP contribution in [0.4, 0.5) is 0 Å². The monoisotopic (exact) mass is 473 g/mol. The summed E-state index contributed by atoms with van der Waals surface area (Å²) < 4.78 is 11.3. The van der Waals surface area contributed by atoms with E-state index < -0.39 is 12.0 Å². The molecule has 1 amide bonds. The Morgan fingerprint density at radius 1 is 0.743 bits per heavy atom. The van der Waals surface area contributed by atoms with Gasteiger partial charge < -0.3 is 14.8 Å². The molecule has 0 radical (unpaired) electrons. The molecule has 5 nitrogen and oxygen atoms in total. The molecule has 2 atom stereocenters. The molecule has 0 aliphatic carbocycles. The number of benzene rings is 3. The van der Waals surface area contributed by atoms with Crippen LogP contribution in [0, 0.1) is 11.8 Å². The second-order valence-electron chi connectivity index (χ2n) is 9.31. The number of esters is 1. The lowest BCUT2D eigenvalue weighted by atomic mass is 9.98. The van der Waals surface area contributed by atoms with E-state index in [9.17, 15) is 9.59 Å². The summed E-state index contributed by atoms with van der Waals surface area (Å²) in [7, 11) is 0. The number of hydrogen-bond acceptors (Lipinski definition) is 4. The fourth-order valence-electron chi connectivity index (χ4n) is 3.74. The number of hydrogen-bond donors (Lipinski definition) is 1. The molecular weight excluding hydrogens is 438 g/mol. The molecule has 0 fully saturated rings. The molecule has 0 bridgehead atoms. The van der Waals surface area contributed by atoms with Crippen molar-refractivity contribution in [3.05, 3.63) is 102 Å². The molecule has 0 unspecified atom stereocenters. The van der Waals surface area contributed by atoms with E-state index in [-0.39, 0.29) is 24.3 Å². The Kier molecular flexibility index (Phi) is 9.91. The standard InChI is InChI=1S/C30H35NO4/c1-22(2)18-28(30(33)35-21-26-12-8-5-9-13-26)31-29(32)23(3)19-24-14-16-27(17-15-24)34-20-25-10-6-4-7-11-25/h4-17,22-23,28H,18-21H2,1-3H3,(H,31,32)/t23-,28-/m0/s1. The lowest BCUT2D eigenvalue weighted by Gasteiger charge is -2.21. The number of amides is 1. The van der Waals surface area contributed by atoms with Gasteiger partial charge in [0.05, 0.1) is 0 Å². The number of rotatable bonds is 12. The van der Waals surface area contributed by atoms with Crippen LogP contribution in [-0.4, -0.2) is 17.9 Å². The smallest absolute Gasteiger partial charge is 0.328 e. The highest BCUT2D eigenvalue weighted by Crippen LogP contribution is 2.17. The van der Waals surface area contributed by atoms with Gasteiger partial charge in [-0.1, -0.05) is 93.6 Å². The highest BCUT2D eigenvalue weighted by Gasteiger charge is 2.25. The molecule has 0 saturated heterocycles. The Morgan fingerprint density at radius 2 is 1.31 bits per heavy atom. The summed E-state index contributed by atoms with van der Waals surface area (Å²) in [6.45, 7) is 6.62. The van der Waals surface area contributed by atoms with E-state index in [0.717, 1.165) is 22.4 Å². The molecule has 5 heteroatoms. The summed E-state index contributed by atoms with van der Waals surface area (Å²) >= 11 is 0. The van der Waals surface area contributed by atoms with Gasteiger partial charge in [-0.05, 0) is 47.6 Å². The van der Waals surface area contributed by atoms with Crippen LogP contribution in [0.2, 0.25) is 0 Å². The van der Waals surface area contributed by atoms with Crippen LogP contribution in [-0.2, 0) is 34.0 Å². The minimum Gasteiger partial charge on any atom is -0.489 e. The summed E-state index contributed by atoms with van der Waals surface area (Å²) in [6.07, 6.45) is 1.10. The fraction of sp³-hybridized carbons (Fsp3) is 0.333. The predicted octanol–water partition coefficient (Wildman–Crippen LogP) is 5.72. The van der Waals surface area contributed by atoms with Crippen LogP contribution in [0.15, 0.2) is 84.9 Å². The number of carbonyl (C=O) groups excluding carboxylic acids is 2. The van der Waals surface area contributed by atoms with Crippen LogP contribution in [0.5, 0.6) is 5.75 Å². The van der Waals surface area contributed by atoms with Gasteiger partial charge in [0.25, 0.3) is 0 Å². The third-order valence-corrected chi connectivity index (χ3v) is 5.69. The SMILES string of the molecule is CC(C)C[C@H](NC(=O)[C@@H](C)Cc1ccc(OCc2ccccc2)cc1)C(=O)OCc1ccccc1. The quantitative estimate of drug-likeness (QED) is 0.342. The van der Waals surface area contributed by atoms with E-state index in [4.69, 9.17) is 9.47 Å². The Hall–Kier alpha value is -3.60. The zero-order valence-corrected chi connectivity index (χ0v) is 20.8. The molecule has 1 N–H and O–H groups in total. The van der Waals surface area contributed by atoms with E-state index in [2.05, 4.69) is 5.32 Å². The highest BCUT2D eigenvalue weighted by molar-refractivity contribution is 5.85. The van der Waals surface area contributed by atoms with E-state index >= 15 is 0 Å². The van der Waals surface area contributed by atoms with Crippen molar-refractivity contribution in [2.75, 3.05) is 0 Å². The average molecular weight is 474 g/mol. The number of nitrogens with one attached hydrogen (secondary N) is 1. The van der Waals surface area contributed by atoms with E-state index in [1.165, 1.54) is 0 Å². The maximum atomic E-state index is 12.9. The summed E-state index contributed by atoms with van der Waals surface area (Å²) in [5, 5.41) is 2.92. The zero-order valence-electron chi connectivity index (χ0n) is 20.8.